The van der Waals surface area contributed by atoms with Crippen LogP contribution in [-0.4, -0.2) is 18.3 Å². The molecule has 1 heterocycles. The molecule has 0 unspecified atom stereocenters. The van der Waals surface area contributed by atoms with Gasteiger partial charge in [-0.2, -0.15) is 5.26 Å². The summed E-state index contributed by atoms with van der Waals surface area (Å²) in [7, 11) is 1.67. The second kappa shape index (κ2) is 5.38. The Labute approximate surface area is 102 Å². The minimum atomic E-state index is 0.296. The molecule has 0 atom stereocenters. The maximum absolute atomic E-state index is 9.07. The van der Waals surface area contributed by atoms with Crippen LogP contribution in [0.15, 0.2) is 0 Å². The summed E-state index contributed by atoms with van der Waals surface area (Å²) >= 11 is 6.22. The molecule has 0 aromatic carbocycles. The van der Waals surface area contributed by atoms with Crippen LogP contribution in [0, 0.1) is 18.3 Å². The van der Waals surface area contributed by atoms with Gasteiger partial charge >= 0.3 is 0 Å². The first kappa shape index (κ1) is 13.1. The molecule has 0 spiro atoms. The summed E-state index contributed by atoms with van der Waals surface area (Å²) in [6, 6.07) is 2.16. The average Bonchev–Trinajstić information content (AvgIpc) is 2.47. The molecule has 1 rings (SSSR count). The first-order valence-corrected chi connectivity index (χ1v) is 5.69. The van der Waals surface area contributed by atoms with Crippen molar-refractivity contribution in [2.75, 3.05) is 13.7 Å². The van der Waals surface area contributed by atoms with Crippen LogP contribution in [0.4, 0.5) is 0 Å². The van der Waals surface area contributed by atoms with E-state index in [1.807, 2.05) is 6.92 Å². The number of aromatic nitrogens is 1. The van der Waals surface area contributed by atoms with E-state index in [2.05, 4.69) is 24.5 Å². The van der Waals surface area contributed by atoms with Gasteiger partial charge in [0, 0.05) is 25.0 Å². The third-order valence-electron chi connectivity index (χ3n) is 2.68. The Morgan fingerprint density at radius 2 is 2.12 bits per heavy atom. The van der Waals surface area contributed by atoms with Crippen molar-refractivity contribution in [3.8, 4) is 6.07 Å². The van der Waals surface area contributed by atoms with E-state index in [1.165, 1.54) is 0 Å². The molecule has 0 bridgehead atoms. The number of ether oxygens (including phenoxy) is 1. The van der Waals surface area contributed by atoms with Crippen LogP contribution in [-0.2, 0) is 11.3 Å². The zero-order chi connectivity index (χ0) is 12.3. The highest BCUT2D eigenvalue weighted by Gasteiger charge is 2.20. The van der Waals surface area contributed by atoms with E-state index in [0.717, 1.165) is 17.9 Å². The van der Waals surface area contributed by atoms with E-state index in [4.69, 9.17) is 21.6 Å². The minimum Gasteiger partial charge on any atom is -0.383 e. The lowest BCUT2D eigenvalue weighted by atomic mass is 10.1. The molecule has 0 radical (unpaired) electrons. The summed E-state index contributed by atoms with van der Waals surface area (Å²) in [5, 5.41) is 9.65. The number of nitrogens with zero attached hydrogens (tertiary/aromatic N) is 2. The fourth-order valence-electron chi connectivity index (χ4n) is 1.89. The lowest BCUT2D eigenvalue weighted by Crippen LogP contribution is -2.10. The van der Waals surface area contributed by atoms with Crippen LogP contribution < -0.4 is 0 Å². The molecule has 1 aromatic heterocycles. The summed E-state index contributed by atoms with van der Waals surface area (Å²) in [6.45, 7) is 7.43. The number of halogens is 1. The van der Waals surface area contributed by atoms with Crippen molar-refractivity contribution in [3.05, 3.63) is 22.0 Å². The van der Waals surface area contributed by atoms with E-state index >= 15 is 0 Å². The van der Waals surface area contributed by atoms with Gasteiger partial charge in [-0.1, -0.05) is 25.4 Å². The maximum Gasteiger partial charge on any atom is 0.103 e. The second-order valence-electron chi connectivity index (χ2n) is 4.07. The Balaban J connectivity index is 3.28. The third-order valence-corrected chi connectivity index (χ3v) is 3.06. The Hall–Kier alpha value is -0.980. The molecular formula is C12H17ClN2O. The Morgan fingerprint density at radius 1 is 1.50 bits per heavy atom. The van der Waals surface area contributed by atoms with Gasteiger partial charge in [-0.05, 0) is 12.8 Å². The summed E-state index contributed by atoms with van der Waals surface area (Å²) in [5.41, 5.74) is 2.53. The summed E-state index contributed by atoms with van der Waals surface area (Å²) in [6.07, 6.45) is 0. The number of rotatable bonds is 4. The fraction of sp³-hybridized carbons (Fsp3) is 0.583. The van der Waals surface area contributed by atoms with Gasteiger partial charge in [0.15, 0.2) is 0 Å². The van der Waals surface area contributed by atoms with E-state index < -0.39 is 0 Å². The molecule has 3 nitrogen and oxygen atoms in total. The largest absolute Gasteiger partial charge is 0.383 e. The average molecular weight is 241 g/mol. The Bertz CT molecular complexity index is 416. The van der Waals surface area contributed by atoms with Crippen molar-refractivity contribution in [1.82, 2.24) is 4.57 Å². The van der Waals surface area contributed by atoms with Crippen molar-refractivity contribution in [2.24, 2.45) is 0 Å². The molecule has 0 saturated carbocycles. The highest BCUT2D eigenvalue weighted by atomic mass is 35.5. The molecule has 0 aliphatic heterocycles. The SMILES string of the molecule is COCCn1c(C)c(C#N)c(Cl)c1C(C)C. The molecule has 0 fully saturated rings. The molecule has 4 heteroatoms. The van der Waals surface area contributed by atoms with Gasteiger partial charge in [0.2, 0.25) is 0 Å². The fourth-order valence-corrected chi connectivity index (χ4v) is 2.39. The predicted molar refractivity (Wildman–Crippen MR) is 64.9 cm³/mol. The van der Waals surface area contributed by atoms with Gasteiger partial charge in [-0.3, -0.25) is 0 Å². The molecule has 0 saturated heterocycles. The molecular weight excluding hydrogens is 224 g/mol. The van der Waals surface area contributed by atoms with Crippen LogP contribution in [0.2, 0.25) is 5.02 Å². The monoisotopic (exact) mass is 240 g/mol. The maximum atomic E-state index is 9.07. The first-order valence-electron chi connectivity index (χ1n) is 5.32. The molecule has 16 heavy (non-hydrogen) atoms. The highest BCUT2D eigenvalue weighted by molar-refractivity contribution is 6.32. The normalized spacial score (nSPS) is 10.8. The number of hydrogen-bond acceptors (Lipinski definition) is 2. The van der Waals surface area contributed by atoms with Crippen LogP contribution in [0.3, 0.4) is 0 Å². The van der Waals surface area contributed by atoms with Crippen molar-refractivity contribution >= 4 is 11.6 Å². The highest BCUT2D eigenvalue weighted by Crippen LogP contribution is 2.32. The van der Waals surface area contributed by atoms with Gasteiger partial charge in [0.25, 0.3) is 0 Å². The molecule has 0 amide bonds. The molecule has 0 N–H and O–H groups in total. The minimum absolute atomic E-state index is 0.296. The lowest BCUT2D eigenvalue weighted by Gasteiger charge is -2.13. The predicted octanol–water partition coefficient (Wildman–Crippen LogP) is 3.09. The van der Waals surface area contributed by atoms with Crippen LogP contribution in [0.5, 0.6) is 0 Å². The van der Waals surface area contributed by atoms with Crippen LogP contribution >= 0.6 is 11.6 Å². The Kier molecular flexibility index (Phi) is 4.40. The smallest absolute Gasteiger partial charge is 0.103 e. The number of nitriles is 1. The molecule has 0 aliphatic rings. The van der Waals surface area contributed by atoms with Crippen molar-refractivity contribution in [1.29, 1.82) is 5.26 Å². The Morgan fingerprint density at radius 3 is 2.56 bits per heavy atom. The van der Waals surface area contributed by atoms with Gasteiger partial charge in [-0.25, -0.2) is 0 Å². The van der Waals surface area contributed by atoms with Crippen molar-refractivity contribution < 1.29 is 4.74 Å². The number of methoxy groups -OCH3 is 1. The van der Waals surface area contributed by atoms with Gasteiger partial charge < -0.3 is 9.30 Å². The second-order valence-corrected chi connectivity index (χ2v) is 4.45. The van der Waals surface area contributed by atoms with Crippen molar-refractivity contribution in [3.63, 3.8) is 0 Å². The van der Waals surface area contributed by atoms with E-state index in [0.29, 0.717) is 23.1 Å². The zero-order valence-electron chi connectivity index (χ0n) is 10.2. The first-order chi connectivity index (χ1) is 7.54. The quantitative estimate of drug-likeness (QED) is 0.811. The molecule has 1 aromatic rings. The lowest BCUT2D eigenvalue weighted by molar-refractivity contribution is 0.185. The zero-order valence-corrected chi connectivity index (χ0v) is 10.9. The van der Waals surface area contributed by atoms with Gasteiger partial charge in [-0.15, -0.1) is 0 Å². The standard InChI is InChI=1S/C12H17ClN2O/c1-8(2)12-11(13)10(7-14)9(3)15(12)5-6-16-4/h8H,5-6H2,1-4H3. The summed E-state index contributed by atoms with van der Waals surface area (Å²) in [5.74, 6) is 0.296. The van der Waals surface area contributed by atoms with E-state index in [9.17, 15) is 0 Å². The molecule has 0 aliphatic carbocycles. The van der Waals surface area contributed by atoms with Crippen LogP contribution in [0.1, 0.15) is 36.7 Å². The summed E-state index contributed by atoms with van der Waals surface area (Å²) in [4.78, 5) is 0. The third kappa shape index (κ3) is 2.23. The van der Waals surface area contributed by atoms with Gasteiger partial charge in [0.05, 0.1) is 17.2 Å². The van der Waals surface area contributed by atoms with E-state index in [1.54, 1.807) is 7.11 Å². The van der Waals surface area contributed by atoms with Crippen LogP contribution in [0.25, 0.3) is 0 Å². The number of hydrogen-bond donors (Lipinski definition) is 0. The molecule has 88 valence electrons. The topological polar surface area (TPSA) is 38.0 Å². The van der Waals surface area contributed by atoms with Gasteiger partial charge in [0.1, 0.15) is 6.07 Å². The summed E-state index contributed by atoms with van der Waals surface area (Å²) < 4.78 is 7.15. The van der Waals surface area contributed by atoms with Crippen molar-refractivity contribution in [2.45, 2.75) is 33.2 Å². The van der Waals surface area contributed by atoms with E-state index in [-0.39, 0.29) is 0 Å².